The van der Waals surface area contributed by atoms with E-state index in [-0.39, 0.29) is 0 Å². The molecule has 0 atom stereocenters. The topological polar surface area (TPSA) is 51.4 Å². The number of pyridine rings is 1. The van der Waals surface area contributed by atoms with Crippen molar-refractivity contribution in [1.29, 1.82) is 0 Å². The number of aromatic nitrogens is 1. The van der Waals surface area contributed by atoms with Crippen molar-refractivity contribution in [2.24, 2.45) is 11.8 Å². The van der Waals surface area contributed by atoms with Crippen LogP contribution in [0.1, 0.15) is 27.7 Å². The highest BCUT2D eigenvalue weighted by Crippen LogP contribution is 2.25. The number of hydrogen-bond donors (Lipinski definition) is 1. The molecule has 0 unspecified atom stereocenters. The summed E-state index contributed by atoms with van der Waals surface area (Å²) in [6.45, 7) is 10.7. The molecule has 0 saturated carbocycles. The zero-order valence-corrected chi connectivity index (χ0v) is 12.1. The van der Waals surface area contributed by atoms with Gasteiger partial charge < -0.3 is 15.4 Å². The largest absolute Gasteiger partial charge is 0.481 e. The zero-order chi connectivity index (χ0) is 13.7. The van der Waals surface area contributed by atoms with Crippen LogP contribution in [0.3, 0.4) is 0 Å². The third kappa shape index (κ3) is 4.09. The maximum atomic E-state index is 6.04. The second-order valence-corrected chi connectivity index (χ2v) is 5.46. The SMILES string of the molecule is COc1ccc(N)c(N(CC(C)C)CC(C)C)n1. The van der Waals surface area contributed by atoms with E-state index in [9.17, 15) is 0 Å². The molecule has 0 bridgehead atoms. The molecule has 0 saturated heterocycles. The van der Waals surface area contributed by atoms with E-state index >= 15 is 0 Å². The van der Waals surface area contributed by atoms with E-state index in [0.717, 1.165) is 18.9 Å². The molecule has 0 amide bonds. The molecule has 0 fully saturated rings. The Bertz CT molecular complexity index is 367. The van der Waals surface area contributed by atoms with Crippen LogP contribution in [0.5, 0.6) is 5.88 Å². The fourth-order valence-electron chi connectivity index (χ4n) is 1.94. The summed E-state index contributed by atoms with van der Waals surface area (Å²) in [4.78, 5) is 6.72. The molecule has 1 aromatic rings. The van der Waals surface area contributed by atoms with E-state index in [4.69, 9.17) is 10.5 Å². The van der Waals surface area contributed by atoms with Gasteiger partial charge in [-0.05, 0) is 17.9 Å². The van der Waals surface area contributed by atoms with E-state index in [1.54, 1.807) is 13.2 Å². The van der Waals surface area contributed by atoms with Crippen molar-refractivity contribution in [3.63, 3.8) is 0 Å². The number of hydrogen-bond acceptors (Lipinski definition) is 4. The summed E-state index contributed by atoms with van der Waals surface area (Å²) in [5, 5.41) is 0. The number of nitrogen functional groups attached to an aromatic ring is 1. The number of methoxy groups -OCH3 is 1. The van der Waals surface area contributed by atoms with Gasteiger partial charge in [0.2, 0.25) is 5.88 Å². The molecule has 2 N–H and O–H groups in total. The number of ether oxygens (including phenoxy) is 1. The lowest BCUT2D eigenvalue weighted by molar-refractivity contribution is 0.397. The average molecular weight is 251 g/mol. The predicted octanol–water partition coefficient (Wildman–Crippen LogP) is 2.79. The van der Waals surface area contributed by atoms with Crippen molar-refractivity contribution < 1.29 is 4.74 Å². The Morgan fingerprint density at radius 3 is 2.17 bits per heavy atom. The van der Waals surface area contributed by atoms with Crippen molar-refractivity contribution in [2.45, 2.75) is 27.7 Å². The van der Waals surface area contributed by atoms with Gasteiger partial charge >= 0.3 is 0 Å². The summed E-state index contributed by atoms with van der Waals surface area (Å²) in [5.74, 6) is 2.57. The van der Waals surface area contributed by atoms with Gasteiger partial charge in [0.1, 0.15) is 0 Å². The number of nitrogens with zero attached hydrogens (tertiary/aromatic N) is 2. The highest BCUT2D eigenvalue weighted by atomic mass is 16.5. The molecule has 1 rings (SSSR count). The minimum absolute atomic E-state index is 0.566. The maximum absolute atomic E-state index is 6.04. The van der Waals surface area contributed by atoms with Crippen molar-refractivity contribution >= 4 is 11.5 Å². The summed E-state index contributed by atoms with van der Waals surface area (Å²) in [7, 11) is 1.62. The summed E-state index contributed by atoms with van der Waals surface area (Å²) in [5.41, 5.74) is 6.74. The molecule has 0 aliphatic rings. The first kappa shape index (κ1) is 14.6. The van der Waals surface area contributed by atoms with Gasteiger partial charge in [-0.25, -0.2) is 0 Å². The fourth-order valence-corrected chi connectivity index (χ4v) is 1.94. The Labute approximate surface area is 110 Å². The molecule has 0 aromatic carbocycles. The van der Waals surface area contributed by atoms with Crippen molar-refractivity contribution in [3.05, 3.63) is 12.1 Å². The molecule has 0 spiro atoms. The monoisotopic (exact) mass is 251 g/mol. The fraction of sp³-hybridized carbons (Fsp3) is 0.643. The van der Waals surface area contributed by atoms with Gasteiger partial charge in [-0.1, -0.05) is 27.7 Å². The molecule has 102 valence electrons. The van der Waals surface area contributed by atoms with Crippen LogP contribution in [0.4, 0.5) is 11.5 Å². The molecule has 0 radical (unpaired) electrons. The van der Waals surface area contributed by atoms with Crippen LogP contribution in [-0.4, -0.2) is 25.2 Å². The van der Waals surface area contributed by atoms with Gasteiger partial charge in [-0.15, -0.1) is 0 Å². The third-order valence-electron chi connectivity index (χ3n) is 2.56. The van der Waals surface area contributed by atoms with Crippen LogP contribution in [0, 0.1) is 11.8 Å². The van der Waals surface area contributed by atoms with Gasteiger partial charge in [0.05, 0.1) is 12.8 Å². The quantitative estimate of drug-likeness (QED) is 0.844. The standard InChI is InChI=1S/C14H25N3O/c1-10(2)8-17(9-11(3)4)14-12(15)6-7-13(16-14)18-5/h6-7,10-11H,8-9,15H2,1-5H3. The average Bonchev–Trinajstić information content (AvgIpc) is 2.27. The van der Waals surface area contributed by atoms with Gasteiger partial charge in [0, 0.05) is 19.2 Å². The van der Waals surface area contributed by atoms with E-state index in [1.165, 1.54) is 0 Å². The lowest BCUT2D eigenvalue weighted by Crippen LogP contribution is -2.32. The van der Waals surface area contributed by atoms with Gasteiger partial charge in [0.15, 0.2) is 5.82 Å². The Balaban J connectivity index is 3.02. The van der Waals surface area contributed by atoms with Crippen LogP contribution < -0.4 is 15.4 Å². The molecule has 0 aliphatic carbocycles. The maximum Gasteiger partial charge on any atom is 0.215 e. The van der Waals surface area contributed by atoms with E-state index in [1.807, 2.05) is 6.07 Å². The Hall–Kier alpha value is -1.45. The van der Waals surface area contributed by atoms with Crippen molar-refractivity contribution in [3.8, 4) is 5.88 Å². The van der Waals surface area contributed by atoms with E-state index in [2.05, 4.69) is 37.6 Å². The normalized spacial score (nSPS) is 11.1. The second-order valence-electron chi connectivity index (χ2n) is 5.46. The molecule has 4 heteroatoms. The lowest BCUT2D eigenvalue weighted by Gasteiger charge is -2.28. The number of nitrogens with two attached hydrogens (primary N) is 1. The molecular weight excluding hydrogens is 226 g/mol. The summed E-state index contributed by atoms with van der Waals surface area (Å²) in [6, 6.07) is 3.65. The van der Waals surface area contributed by atoms with Crippen LogP contribution in [0.25, 0.3) is 0 Å². The van der Waals surface area contributed by atoms with Crippen molar-refractivity contribution in [2.75, 3.05) is 30.8 Å². The molecule has 1 heterocycles. The smallest absolute Gasteiger partial charge is 0.215 e. The van der Waals surface area contributed by atoms with Crippen LogP contribution in [-0.2, 0) is 0 Å². The summed E-state index contributed by atoms with van der Waals surface area (Å²) < 4.78 is 5.18. The highest BCUT2D eigenvalue weighted by molar-refractivity contribution is 5.63. The lowest BCUT2D eigenvalue weighted by atomic mass is 10.1. The summed E-state index contributed by atoms with van der Waals surface area (Å²) >= 11 is 0. The molecule has 0 aliphatic heterocycles. The first-order valence-electron chi connectivity index (χ1n) is 6.49. The molecular formula is C14H25N3O. The van der Waals surface area contributed by atoms with Gasteiger partial charge in [-0.2, -0.15) is 4.98 Å². The number of anilines is 2. The van der Waals surface area contributed by atoms with Crippen LogP contribution in [0.15, 0.2) is 12.1 Å². The van der Waals surface area contributed by atoms with E-state index < -0.39 is 0 Å². The van der Waals surface area contributed by atoms with E-state index in [0.29, 0.717) is 23.4 Å². The zero-order valence-electron chi connectivity index (χ0n) is 12.1. The first-order valence-corrected chi connectivity index (χ1v) is 6.49. The van der Waals surface area contributed by atoms with Gasteiger partial charge in [-0.3, -0.25) is 0 Å². The predicted molar refractivity (Wildman–Crippen MR) is 77.1 cm³/mol. The van der Waals surface area contributed by atoms with Gasteiger partial charge in [0.25, 0.3) is 0 Å². The van der Waals surface area contributed by atoms with Crippen LogP contribution >= 0.6 is 0 Å². The highest BCUT2D eigenvalue weighted by Gasteiger charge is 2.15. The Morgan fingerprint density at radius 1 is 1.17 bits per heavy atom. The molecule has 18 heavy (non-hydrogen) atoms. The number of rotatable bonds is 6. The Morgan fingerprint density at radius 2 is 1.72 bits per heavy atom. The molecule has 4 nitrogen and oxygen atoms in total. The Kier molecular flexibility index (Phi) is 5.25. The minimum Gasteiger partial charge on any atom is -0.481 e. The van der Waals surface area contributed by atoms with Crippen LogP contribution in [0.2, 0.25) is 0 Å². The minimum atomic E-state index is 0.566. The first-order chi connectivity index (χ1) is 8.43. The van der Waals surface area contributed by atoms with Crippen molar-refractivity contribution in [1.82, 2.24) is 4.98 Å². The summed E-state index contributed by atoms with van der Waals surface area (Å²) in [6.07, 6.45) is 0. The second kappa shape index (κ2) is 6.47. The third-order valence-corrected chi connectivity index (χ3v) is 2.56. The molecule has 1 aromatic heterocycles.